The third-order valence-electron chi connectivity index (χ3n) is 3.80. The molecule has 0 bridgehead atoms. The van der Waals surface area contributed by atoms with Crippen molar-refractivity contribution in [3.05, 3.63) is 87.9 Å². The van der Waals surface area contributed by atoms with E-state index in [4.69, 9.17) is 0 Å². The van der Waals surface area contributed by atoms with Crippen LogP contribution >= 0.6 is 0 Å². The zero-order valence-electron chi connectivity index (χ0n) is 13.8. The summed E-state index contributed by atoms with van der Waals surface area (Å²) in [5.41, 5.74) is 1.94. The number of aromatic nitrogens is 1. The third kappa shape index (κ3) is 3.56. The van der Waals surface area contributed by atoms with Gasteiger partial charge in [0.1, 0.15) is 0 Å². The maximum absolute atomic E-state index is 13.4. The van der Waals surface area contributed by atoms with Crippen LogP contribution in [0.1, 0.15) is 16.1 Å². The van der Waals surface area contributed by atoms with Crippen LogP contribution < -0.4 is 5.32 Å². The molecule has 7 heteroatoms. The molecule has 0 saturated carbocycles. The fraction of sp³-hybridized carbons (Fsp3) is 0.0526. The standard InChI is InChI=1S/C19H14FN3O3/c1-12-15(8-10-17(21-12)13-5-3-2-4-6-13)19(24)22-14-7-9-16(20)18(11-14)23(25)26/h2-11H,1H3,(H,22,24). The van der Waals surface area contributed by atoms with Gasteiger partial charge in [-0.05, 0) is 31.2 Å². The van der Waals surface area contributed by atoms with E-state index in [0.29, 0.717) is 11.3 Å². The molecule has 0 unspecified atom stereocenters. The van der Waals surface area contributed by atoms with Gasteiger partial charge < -0.3 is 5.32 Å². The molecule has 3 aromatic rings. The van der Waals surface area contributed by atoms with Crippen LogP contribution in [0, 0.1) is 22.9 Å². The van der Waals surface area contributed by atoms with Gasteiger partial charge in [-0.1, -0.05) is 30.3 Å². The predicted octanol–water partition coefficient (Wildman–Crippen LogP) is 4.36. The van der Waals surface area contributed by atoms with Gasteiger partial charge in [-0.3, -0.25) is 19.9 Å². The second kappa shape index (κ2) is 7.10. The summed E-state index contributed by atoms with van der Waals surface area (Å²) in [5, 5.41) is 13.3. The molecule has 1 amide bonds. The van der Waals surface area contributed by atoms with E-state index in [1.165, 1.54) is 6.07 Å². The van der Waals surface area contributed by atoms with Gasteiger partial charge in [0.05, 0.1) is 21.9 Å². The molecule has 0 atom stereocenters. The maximum Gasteiger partial charge on any atom is 0.306 e. The zero-order chi connectivity index (χ0) is 18.7. The van der Waals surface area contributed by atoms with Gasteiger partial charge in [-0.2, -0.15) is 4.39 Å². The number of nitro benzene ring substituents is 1. The summed E-state index contributed by atoms with van der Waals surface area (Å²) in [5.74, 6) is -1.44. The Bertz CT molecular complexity index is 991. The van der Waals surface area contributed by atoms with Gasteiger partial charge in [-0.15, -0.1) is 0 Å². The maximum atomic E-state index is 13.4. The Morgan fingerprint density at radius 1 is 1.12 bits per heavy atom. The number of amides is 1. The molecule has 6 nitrogen and oxygen atoms in total. The van der Waals surface area contributed by atoms with Gasteiger partial charge >= 0.3 is 5.69 Å². The average Bonchev–Trinajstić information content (AvgIpc) is 2.63. The number of nitro groups is 1. The highest BCUT2D eigenvalue weighted by Gasteiger charge is 2.17. The van der Waals surface area contributed by atoms with E-state index in [1.54, 1.807) is 19.1 Å². The van der Waals surface area contributed by atoms with Crippen molar-refractivity contribution in [1.29, 1.82) is 0 Å². The van der Waals surface area contributed by atoms with Crippen molar-refractivity contribution in [2.24, 2.45) is 0 Å². The first kappa shape index (κ1) is 17.2. The highest BCUT2D eigenvalue weighted by atomic mass is 19.1. The van der Waals surface area contributed by atoms with Crippen molar-refractivity contribution in [2.45, 2.75) is 6.92 Å². The van der Waals surface area contributed by atoms with Crippen LogP contribution in [0.25, 0.3) is 11.3 Å². The molecule has 0 saturated heterocycles. The average molecular weight is 351 g/mol. The van der Waals surface area contributed by atoms with Gasteiger partial charge in [0.25, 0.3) is 5.91 Å². The molecule has 130 valence electrons. The smallest absolute Gasteiger partial charge is 0.306 e. The Kier molecular flexibility index (Phi) is 4.70. The highest BCUT2D eigenvalue weighted by Crippen LogP contribution is 2.23. The molecule has 1 aromatic heterocycles. The van der Waals surface area contributed by atoms with Crippen molar-refractivity contribution >= 4 is 17.3 Å². The summed E-state index contributed by atoms with van der Waals surface area (Å²) in [6.07, 6.45) is 0. The Morgan fingerprint density at radius 3 is 2.50 bits per heavy atom. The fourth-order valence-electron chi connectivity index (χ4n) is 2.50. The van der Waals surface area contributed by atoms with E-state index in [9.17, 15) is 19.3 Å². The molecule has 0 fully saturated rings. The summed E-state index contributed by atoms with van der Waals surface area (Å²) in [6.45, 7) is 1.70. The summed E-state index contributed by atoms with van der Waals surface area (Å²) in [7, 11) is 0. The topological polar surface area (TPSA) is 85.1 Å². The lowest BCUT2D eigenvalue weighted by atomic mass is 10.1. The molecular weight excluding hydrogens is 337 g/mol. The largest absolute Gasteiger partial charge is 0.322 e. The first-order valence-electron chi connectivity index (χ1n) is 7.74. The number of pyridine rings is 1. The molecular formula is C19H14FN3O3. The van der Waals surface area contributed by atoms with Gasteiger partial charge in [0, 0.05) is 17.3 Å². The first-order valence-corrected chi connectivity index (χ1v) is 7.74. The van der Waals surface area contributed by atoms with Gasteiger partial charge in [-0.25, -0.2) is 0 Å². The van der Waals surface area contributed by atoms with Crippen molar-refractivity contribution in [3.63, 3.8) is 0 Å². The number of nitrogens with zero attached hydrogens (tertiary/aromatic N) is 2. The van der Waals surface area contributed by atoms with Gasteiger partial charge in [0.15, 0.2) is 0 Å². The lowest BCUT2D eigenvalue weighted by molar-refractivity contribution is -0.387. The molecule has 26 heavy (non-hydrogen) atoms. The number of aryl methyl sites for hydroxylation is 1. The molecule has 0 radical (unpaired) electrons. The summed E-state index contributed by atoms with van der Waals surface area (Å²) in [6, 6.07) is 16.1. The molecule has 0 aliphatic rings. The number of hydrogen-bond donors (Lipinski definition) is 1. The van der Waals surface area contributed by atoms with Crippen molar-refractivity contribution in [3.8, 4) is 11.3 Å². The Morgan fingerprint density at radius 2 is 1.85 bits per heavy atom. The summed E-state index contributed by atoms with van der Waals surface area (Å²) < 4.78 is 13.4. The Hall–Kier alpha value is -3.61. The molecule has 0 aliphatic heterocycles. The normalized spacial score (nSPS) is 10.4. The number of carbonyl (C=O) groups is 1. The number of nitrogens with one attached hydrogen (secondary N) is 1. The fourth-order valence-corrected chi connectivity index (χ4v) is 2.50. The van der Waals surface area contributed by atoms with E-state index in [0.717, 1.165) is 23.4 Å². The van der Waals surface area contributed by atoms with Crippen molar-refractivity contribution < 1.29 is 14.1 Å². The Labute approximate surface area is 148 Å². The SMILES string of the molecule is Cc1nc(-c2ccccc2)ccc1C(=O)Nc1ccc(F)c([N+](=O)[O-])c1. The molecule has 0 aliphatic carbocycles. The van der Waals surface area contributed by atoms with Crippen LogP contribution in [-0.4, -0.2) is 15.8 Å². The number of halogens is 1. The molecule has 0 spiro atoms. The van der Waals surface area contributed by atoms with Crippen molar-refractivity contribution in [2.75, 3.05) is 5.32 Å². The number of benzene rings is 2. The first-order chi connectivity index (χ1) is 12.5. The molecule has 1 N–H and O–H groups in total. The van der Waals surface area contributed by atoms with E-state index < -0.39 is 22.3 Å². The van der Waals surface area contributed by atoms with Crippen LogP contribution in [0.4, 0.5) is 15.8 Å². The minimum absolute atomic E-state index is 0.134. The quantitative estimate of drug-likeness (QED) is 0.559. The van der Waals surface area contributed by atoms with Crippen LogP contribution in [-0.2, 0) is 0 Å². The minimum atomic E-state index is -0.960. The predicted molar refractivity (Wildman–Crippen MR) is 95.4 cm³/mol. The Balaban J connectivity index is 1.85. The summed E-state index contributed by atoms with van der Waals surface area (Å²) in [4.78, 5) is 26.8. The number of anilines is 1. The lowest BCUT2D eigenvalue weighted by Gasteiger charge is -2.09. The number of carbonyl (C=O) groups excluding carboxylic acids is 1. The van der Waals surface area contributed by atoms with E-state index in [1.807, 2.05) is 30.3 Å². The van der Waals surface area contributed by atoms with Crippen LogP contribution in [0.15, 0.2) is 60.7 Å². The zero-order valence-corrected chi connectivity index (χ0v) is 13.8. The second-order valence-corrected chi connectivity index (χ2v) is 5.57. The monoisotopic (exact) mass is 351 g/mol. The molecule has 3 rings (SSSR count). The van der Waals surface area contributed by atoms with E-state index in [2.05, 4.69) is 10.3 Å². The van der Waals surface area contributed by atoms with Gasteiger partial charge in [0.2, 0.25) is 5.82 Å². The molecule has 1 heterocycles. The second-order valence-electron chi connectivity index (χ2n) is 5.57. The van der Waals surface area contributed by atoms with Crippen LogP contribution in [0.5, 0.6) is 0 Å². The highest BCUT2D eigenvalue weighted by molar-refractivity contribution is 6.05. The van der Waals surface area contributed by atoms with Crippen LogP contribution in [0.3, 0.4) is 0 Å². The number of hydrogen-bond acceptors (Lipinski definition) is 4. The third-order valence-corrected chi connectivity index (χ3v) is 3.80. The van der Waals surface area contributed by atoms with E-state index >= 15 is 0 Å². The minimum Gasteiger partial charge on any atom is -0.322 e. The lowest BCUT2D eigenvalue weighted by Crippen LogP contribution is -2.14. The van der Waals surface area contributed by atoms with Crippen molar-refractivity contribution in [1.82, 2.24) is 4.98 Å². The van der Waals surface area contributed by atoms with Crippen LogP contribution in [0.2, 0.25) is 0 Å². The summed E-state index contributed by atoms with van der Waals surface area (Å²) >= 11 is 0. The molecule has 2 aromatic carbocycles. The number of rotatable bonds is 4. The van der Waals surface area contributed by atoms with E-state index in [-0.39, 0.29) is 5.69 Å².